The van der Waals surface area contributed by atoms with E-state index in [0.29, 0.717) is 0 Å². The highest BCUT2D eigenvalue weighted by atomic mass is 16.6. The van der Waals surface area contributed by atoms with Gasteiger partial charge in [-0.3, -0.25) is 20.2 Å². The second-order valence-corrected chi connectivity index (χ2v) is 9.86. The summed E-state index contributed by atoms with van der Waals surface area (Å²) in [6.07, 6.45) is 0. The first-order valence-corrected chi connectivity index (χ1v) is 11.4. The van der Waals surface area contributed by atoms with E-state index < -0.39 is 35.1 Å². The van der Waals surface area contributed by atoms with Crippen molar-refractivity contribution in [3.63, 3.8) is 0 Å². The molecule has 1 saturated heterocycles. The van der Waals surface area contributed by atoms with Crippen LogP contribution in [0.15, 0.2) is 84.9 Å². The fourth-order valence-electron chi connectivity index (χ4n) is 4.97. The minimum atomic E-state index is -1.23. The summed E-state index contributed by atoms with van der Waals surface area (Å²) < 4.78 is 5.77. The first-order valence-electron chi connectivity index (χ1n) is 11.4. The van der Waals surface area contributed by atoms with Gasteiger partial charge in [-0.15, -0.1) is 0 Å². The average molecular weight is 459 g/mol. The zero-order valence-corrected chi connectivity index (χ0v) is 19.9. The Morgan fingerprint density at radius 2 is 1.41 bits per heavy atom. The van der Waals surface area contributed by atoms with Crippen LogP contribution >= 0.6 is 0 Å². The van der Waals surface area contributed by atoms with E-state index in [2.05, 4.69) is 5.32 Å². The number of carbonyl (C=O) groups excluding carboxylic acids is 1. The number of nitrogens with zero attached hydrogens (tertiary/aromatic N) is 1. The molecule has 6 nitrogen and oxygen atoms in total. The van der Waals surface area contributed by atoms with Crippen LogP contribution in [0.5, 0.6) is 0 Å². The van der Waals surface area contributed by atoms with Gasteiger partial charge < -0.3 is 4.74 Å². The summed E-state index contributed by atoms with van der Waals surface area (Å²) >= 11 is 0. The van der Waals surface area contributed by atoms with Crippen LogP contribution in [0, 0.1) is 17.0 Å². The molecule has 6 heteroatoms. The van der Waals surface area contributed by atoms with Gasteiger partial charge in [0.25, 0.3) is 0 Å². The van der Waals surface area contributed by atoms with E-state index in [1.165, 1.54) is 0 Å². The van der Waals surface area contributed by atoms with Gasteiger partial charge in [-0.1, -0.05) is 90.5 Å². The van der Waals surface area contributed by atoms with Crippen LogP contribution in [0.3, 0.4) is 0 Å². The maximum atomic E-state index is 13.5. The second-order valence-electron chi connectivity index (χ2n) is 9.86. The van der Waals surface area contributed by atoms with Gasteiger partial charge in [0.1, 0.15) is 17.2 Å². The number of ether oxygens (including phenoxy) is 1. The minimum absolute atomic E-state index is 0.248. The molecule has 34 heavy (non-hydrogen) atoms. The molecule has 0 saturated carbocycles. The van der Waals surface area contributed by atoms with Crippen LogP contribution in [-0.4, -0.2) is 28.6 Å². The summed E-state index contributed by atoms with van der Waals surface area (Å²) in [5.74, 6) is -1.25. The van der Waals surface area contributed by atoms with Gasteiger partial charge in [-0.05, 0) is 44.4 Å². The summed E-state index contributed by atoms with van der Waals surface area (Å²) in [6, 6.07) is 24.2. The normalized spacial score (nSPS) is 21.7. The van der Waals surface area contributed by atoms with Crippen molar-refractivity contribution >= 4 is 5.97 Å². The van der Waals surface area contributed by atoms with Gasteiger partial charge in [-0.2, -0.15) is 0 Å². The van der Waals surface area contributed by atoms with Gasteiger partial charge in [0.2, 0.25) is 6.04 Å². The van der Waals surface area contributed by atoms with Crippen molar-refractivity contribution in [2.24, 2.45) is 0 Å². The van der Waals surface area contributed by atoms with Crippen LogP contribution in [-0.2, 0) is 15.1 Å². The van der Waals surface area contributed by atoms with E-state index in [1.54, 1.807) is 20.8 Å². The van der Waals surface area contributed by atoms with Crippen LogP contribution in [0.4, 0.5) is 0 Å². The maximum absolute atomic E-state index is 13.5. The Kier molecular flexibility index (Phi) is 6.28. The molecule has 1 N–H and O–H groups in total. The lowest BCUT2D eigenvalue weighted by Crippen LogP contribution is -2.51. The lowest BCUT2D eigenvalue weighted by molar-refractivity contribution is -0.533. The molecule has 1 aliphatic rings. The van der Waals surface area contributed by atoms with Crippen LogP contribution in [0.25, 0.3) is 0 Å². The van der Waals surface area contributed by atoms with Gasteiger partial charge >= 0.3 is 5.97 Å². The SMILES string of the molecule is Cc1ccc([C@@H]2[C@@H](C(=O)OC(C)(C)C)NC(c3ccccc3)(c3ccccc3)[C@H]2[N+](=O)[O-])cc1. The molecular weight excluding hydrogens is 428 g/mol. The van der Waals surface area contributed by atoms with Crippen molar-refractivity contribution in [1.82, 2.24) is 5.32 Å². The number of hydrogen-bond acceptors (Lipinski definition) is 5. The Hall–Kier alpha value is -3.51. The number of hydrogen-bond donors (Lipinski definition) is 1. The predicted molar refractivity (Wildman–Crippen MR) is 131 cm³/mol. The summed E-state index contributed by atoms with van der Waals surface area (Å²) in [5.41, 5.74) is 1.26. The van der Waals surface area contributed by atoms with Gasteiger partial charge in [0.05, 0.1) is 5.92 Å². The molecular formula is C28H30N2O4. The number of nitro groups is 1. The Morgan fingerprint density at radius 3 is 1.85 bits per heavy atom. The quantitative estimate of drug-likeness (QED) is 0.331. The maximum Gasteiger partial charge on any atom is 0.324 e. The van der Waals surface area contributed by atoms with E-state index in [1.807, 2.05) is 91.9 Å². The van der Waals surface area contributed by atoms with Crippen molar-refractivity contribution in [2.75, 3.05) is 0 Å². The Balaban J connectivity index is 1.98. The molecule has 0 spiro atoms. The monoisotopic (exact) mass is 458 g/mol. The predicted octanol–water partition coefficient (Wildman–Crippen LogP) is 4.98. The fourth-order valence-corrected chi connectivity index (χ4v) is 4.97. The lowest BCUT2D eigenvalue weighted by Gasteiger charge is -2.33. The molecule has 0 bridgehead atoms. The van der Waals surface area contributed by atoms with Crippen molar-refractivity contribution in [2.45, 2.75) is 56.8 Å². The van der Waals surface area contributed by atoms with Crippen molar-refractivity contribution in [1.29, 1.82) is 0 Å². The largest absolute Gasteiger partial charge is 0.459 e. The molecule has 4 rings (SSSR count). The summed E-state index contributed by atoms with van der Waals surface area (Å²) in [5, 5.41) is 16.3. The highest BCUT2D eigenvalue weighted by molar-refractivity contribution is 5.79. The highest BCUT2D eigenvalue weighted by Crippen LogP contribution is 2.48. The van der Waals surface area contributed by atoms with E-state index in [4.69, 9.17) is 4.74 Å². The highest BCUT2D eigenvalue weighted by Gasteiger charge is 2.64. The average Bonchev–Trinajstić information content (AvgIpc) is 3.17. The third-order valence-electron chi connectivity index (χ3n) is 6.33. The van der Waals surface area contributed by atoms with E-state index >= 15 is 0 Å². The lowest BCUT2D eigenvalue weighted by atomic mass is 9.74. The van der Waals surface area contributed by atoms with Gasteiger partial charge in [-0.25, -0.2) is 0 Å². The molecule has 3 aromatic carbocycles. The van der Waals surface area contributed by atoms with Crippen LogP contribution in [0.2, 0.25) is 0 Å². The first-order chi connectivity index (χ1) is 16.1. The zero-order valence-electron chi connectivity index (χ0n) is 19.9. The number of rotatable bonds is 5. The smallest absolute Gasteiger partial charge is 0.324 e. The second kappa shape index (κ2) is 9.03. The number of nitrogens with one attached hydrogen (secondary N) is 1. The van der Waals surface area contributed by atoms with Crippen molar-refractivity contribution < 1.29 is 14.5 Å². The molecule has 1 heterocycles. The molecule has 3 atom stereocenters. The van der Waals surface area contributed by atoms with Crippen LogP contribution < -0.4 is 5.32 Å². The molecule has 0 aromatic heterocycles. The topological polar surface area (TPSA) is 81.5 Å². The van der Waals surface area contributed by atoms with Gasteiger partial charge in [0.15, 0.2) is 0 Å². The molecule has 0 aliphatic carbocycles. The molecule has 0 radical (unpaired) electrons. The number of esters is 1. The summed E-state index contributed by atoms with van der Waals surface area (Å²) in [7, 11) is 0. The molecule has 1 fully saturated rings. The van der Waals surface area contributed by atoms with Crippen LogP contribution in [0.1, 0.15) is 48.9 Å². The first kappa shape index (κ1) is 23.6. The van der Waals surface area contributed by atoms with Gasteiger partial charge in [0, 0.05) is 4.92 Å². The Bertz CT molecular complexity index is 1120. The zero-order chi connectivity index (χ0) is 24.5. The van der Waals surface area contributed by atoms with Crippen molar-refractivity contribution in [3.05, 3.63) is 117 Å². The van der Waals surface area contributed by atoms with E-state index in [-0.39, 0.29) is 4.92 Å². The molecule has 0 unspecified atom stereocenters. The molecule has 176 valence electrons. The molecule has 0 amide bonds. The standard InChI is InChI=1S/C28H30N2O4/c1-19-15-17-20(18-16-19)23-24(26(31)34-27(2,3)4)29-28(25(23)30(32)33,21-11-7-5-8-12-21)22-13-9-6-10-14-22/h5-18,23-25,29H,1-4H3/t23-,24+,25+/m1/s1. The van der Waals surface area contributed by atoms with E-state index in [0.717, 1.165) is 22.3 Å². The Morgan fingerprint density at radius 1 is 0.912 bits per heavy atom. The van der Waals surface area contributed by atoms with E-state index in [9.17, 15) is 14.9 Å². The third kappa shape index (κ3) is 4.33. The Labute approximate surface area is 200 Å². The minimum Gasteiger partial charge on any atom is -0.459 e. The number of aryl methyl sites for hydroxylation is 1. The third-order valence-corrected chi connectivity index (χ3v) is 6.33. The molecule has 1 aliphatic heterocycles. The number of benzene rings is 3. The number of carbonyl (C=O) groups is 1. The van der Waals surface area contributed by atoms with Crippen molar-refractivity contribution in [3.8, 4) is 0 Å². The molecule has 3 aromatic rings. The fraction of sp³-hybridized carbons (Fsp3) is 0.321. The summed E-state index contributed by atoms with van der Waals surface area (Å²) in [4.78, 5) is 26.2. The summed E-state index contributed by atoms with van der Waals surface area (Å²) in [6.45, 7) is 7.36.